The van der Waals surface area contributed by atoms with E-state index in [1.807, 2.05) is 30.3 Å². The van der Waals surface area contributed by atoms with E-state index in [0.29, 0.717) is 44.4 Å². The Balaban J connectivity index is 1.61. The lowest BCUT2D eigenvalue weighted by molar-refractivity contribution is -0.130. The number of hydrogen-bond donors (Lipinski definition) is 0. The van der Waals surface area contributed by atoms with Crippen LogP contribution in [0.3, 0.4) is 0 Å². The minimum absolute atomic E-state index is 0.0331. The molecule has 0 radical (unpaired) electrons. The molecule has 2 amide bonds. The lowest BCUT2D eigenvalue weighted by atomic mass is 10.2. The third-order valence-corrected chi connectivity index (χ3v) is 4.10. The van der Waals surface area contributed by atoms with E-state index in [4.69, 9.17) is 4.74 Å². The second-order valence-electron chi connectivity index (χ2n) is 5.81. The highest BCUT2D eigenvalue weighted by atomic mass is 16.5. The zero-order chi connectivity index (χ0) is 17.6. The zero-order valence-electron chi connectivity index (χ0n) is 14.1. The van der Waals surface area contributed by atoms with E-state index in [-0.39, 0.29) is 11.8 Å². The third kappa shape index (κ3) is 4.32. The van der Waals surface area contributed by atoms with Crippen LogP contribution in [0.25, 0.3) is 0 Å². The van der Waals surface area contributed by atoms with Crippen molar-refractivity contribution in [3.63, 3.8) is 0 Å². The number of piperazine rings is 1. The van der Waals surface area contributed by atoms with Gasteiger partial charge in [0.2, 0.25) is 11.8 Å². The molecule has 7 heteroatoms. The predicted octanol–water partition coefficient (Wildman–Crippen LogP) is 1.36. The third-order valence-electron chi connectivity index (χ3n) is 4.10. The van der Waals surface area contributed by atoms with Gasteiger partial charge in [-0.15, -0.1) is 0 Å². The van der Waals surface area contributed by atoms with Gasteiger partial charge in [-0.2, -0.15) is 0 Å². The maximum atomic E-state index is 12.6. The highest BCUT2D eigenvalue weighted by Gasteiger charge is 2.24. The summed E-state index contributed by atoms with van der Waals surface area (Å²) >= 11 is 0. The second kappa shape index (κ2) is 7.74. The van der Waals surface area contributed by atoms with E-state index in [1.165, 1.54) is 13.3 Å². The lowest BCUT2D eigenvalue weighted by Crippen LogP contribution is -2.50. The molecule has 2 heterocycles. The van der Waals surface area contributed by atoms with Gasteiger partial charge in [-0.3, -0.25) is 9.59 Å². The number of nitrogens with zero attached hydrogens (tertiary/aromatic N) is 4. The summed E-state index contributed by atoms with van der Waals surface area (Å²) < 4.78 is 5.64. The summed E-state index contributed by atoms with van der Waals surface area (Å²) in [4.78, 5) is 35.5. The molecule has 0 spiro atoms. The first kappa shape index (κ1) is 16.9. The Labute approximate surface area is 146 Å². The van der Waals surface area contributed by atoms with Gasteiger partial charge in [0.15, 0.2) is 0 Å². The van der Waals surface area contributed by atoms with Gasteiger partial charge in [-0.25, -0.2) is 9.97 Å². The van der Waals surface area contributed by atoms with Gasteiger partial charge in [0.1, 0.15) is 18.6 Å². The summed E-state index contributed by atoms with van der Waals surface area (Å²) in [5.41, 5.74) is 1.32. The molecular formula is C18H20N4O3. The fourth-order valence-corrected chi connectivity index (χ4v) is 2.65. The molecule has 2 aromatic rings. The Bertz CT molecular complexity index is 743. The van der Waals surface area contributed by atoms with Crippen molar-refractivity contribution < 1.29 is 14.3 Å². The van der Waals surface area contributed by atoms with Crippen LogP contribution in [-0.2, 0) is 11.4 Å². The van der Waals surface area contributed by atoms with Gasteiger partial charge in [-0.05, 0) is 5.56 Å². The van der Waals surface area contributed by atoms with Crippen molar-refractivity contribution in [1.82, 2.24) is 19.8 Å². The molecule has 25 heavy (non-hydrogen) atoms. The van der Waals surface area contributed by atoms with Gasteiger partial charge in [0, 0.05) is 39.2 Å². The van der Waals surface area contributed by atoms with Crippen LogP contribution < -0.4 is 4.74 Å². The molecule has 1 saturated heterocycles. The van der Waals surface area contributed by atoms with Crippen molar-refractivity contribution in [2.24, 2.45) is 0 Å². The molecule has 0 unspecified atom stereocenters. The van der Waals surface area contributed by atoms with Crippen LogP contribution in [0.2, 0.25) is 0 Å². The van der Waals surface area contributed by atoms with Crippen LogP contribution in [0.4, 0.5) is 0 Å². The molecule has 1 fully saturated rings. The van der Waals surface area contributed by atoms with E-state index in [0.717, 1.165) is 5.56 Å². The SMILES string of the molecule is CC(=O)N1CCN(C(=O)c2cc(OCc3ccccc3)ncn2)CC1. The Hall–Kier alpha value is -2.96. The molecule has 1 aromatic carbocycles. The Kier molecular flexibility index (Phi) is 5.23. The van der Waals surface area contributed by atoms with E-state index < -0.39 is 0 Å². The molecule has 1 aromatic heterocycles. The lowest BCUT2D eigenvalue weighted by Gasteiger charge is -2.34. The minimum Gasteiger partial charge on any atom is -0.473 e. The maximum Gasteiger partial charge on any atom is 0.272 e. The van der Waals surface area contributed by atoms with Gasteiger partial charge in [0.25, 0.3) is 5.91 Å². The van der Waals surface area contributed by atoms with E-state index >= 15 is 0 Å². The van der Waals surface area contributed by atoms with E-state index in [9.17, 15) is 9.59 Å². The molecule has 1 aliphatic rings. The molecule has 1 aliphatic heterocycles. The quantitative estimate of drug-likeness (QED) is 0.840. The monoisotopic (exact) mass is 340 g/mol. The van der Waals surface area contributed by atoms with Crippen molar-refractivity contribution in [3.05, 3.63) is 54.0 Å². The van der Waals surface area contributed by atoms with Crippen LogP contribution in [0.15, 0.2) is 42.7 Å². The highest BCUT2D eigenvalue weighted by molar-refractivity contribution is 5.92. The first-order valence-corrected chi connectivity index (χ1v) is 8.17. The summed E-state index contributed by atoms with van der Waals surface area (Å²) in [5.74, 6) is 0.227. The first-order valence-electron chi connectivity index (χ1n) is 8.17. The van der Waals surface area contributed by atoms with Gasteiger partial charge in [0.05, 0.1) is 0 Å². The van der Waals surface area contributed by atoms with Crippen molar-refractivity contribution in [2.75, 3.05) is 26.2 Å². The largest absolute Gasteiger partial charge is 0.473 e. The van der Waals surface area contributed by atoms with E-state index in [2.05, 4.69) is 9.97 Å². The second-order valence-corrected chi connectivity index (χ2v) is 5.81. The first-order chi connectivity index (χ1) is 12.1. The number of rotatable bonds is 4. The normalized spacial score (nSPS) is 14.3. The summed E-state index contributed by atoms with van der Waals surface area (Å²) in [6.45, 7) is 4.01. The van der Waals surface area contributed by atoms with Crippen LogP contribution in [-0.4, -0.2) is 57.8 Å². The number of carbonyl (C=O) groups excluding carboxylic acids is 2. The zero-order valence-corrected chi connectivity index (χ0v) is 14.1. The Morgan fingerprint density at radius 3 is 2.40 bits per heavy atom. The molecule has 0 saturated carbocycles. The molecule has 0 atom stereocenters. The molecule has 3 rings (SSSR count). The molecule has 130 valence electrons. The summed E-state index contributed by atoms with van der Waals surface area (Å²) in [6, 6.07) is 11.3. The molecule has 7 nitrogen and oxygen atoms in total. The van der Waals surface area contributed by atoms with Crippen LogP contribution in [0, 0.1) is 0 Å². The molecule has 0 aliphatic carbocycles. The average molecular weight is 340 g/mol. The van der Waals surface area contributed by atoms with Gasteiger partial charge >= 0.3 is 0 Å². The summed E-state index contributed by atoms with van der Waals surface area (Å²) in [5, 5.41) is 0. The smallest absolute Gasteiger partial charge is 0.272 e. The molecule has 0 bridgehead atoms. The molecular weight excluding hydrogens is 320 g/mol. The Morgan fingerprint density at radius 1 is 1.04 bits per heavy atom. The highest BCUT2D eigenvalue weighted by Crippen LogP contribution is 2.13. The van der Waals surface area contributed by atoms with Crippen molar-refractivity contribution in [3.8, 4) is 5.88 Å². The summed E-state index contributed by atoms with van der Waals surface area (Å²) in [7, 11) is 0. The van der Waals surface area contributed by atoms with Crippen LogP contribution in [0.5, 0.6) is 5.88 Å². The predicted molar refractivity (Wildman–Crippen MR) is 91.0 cm³/mol. The number of hydrogen-bond acceptors (Lipinski definition) is 5. The summed E-state index contributed by atoms with van der Waals surface area (Å²) in [6.07, 6.45) is 1.33. The van der Waals surface area contributed by atoms with Crippen LogP contribution >= 0.6 is 0 Å². The van der Waals surface area contributed by atoms with Crippen molar-refractivity contribution in [1.29, 1.82) is 0 Å². The Morgan fingerprint density at radius 2 is 1.72 bits per heavy atom. The van der Waals surface area contributed by atoms with Crippen LogP contribution in [0.1, 0.15) is 23.0 Å². The fraction of sp³-hybridized carbons (Fsp3) is 0.333. The van der Waals surface area contributed by atoms with Gasteiger partial charge < -0.3 is 14.5 Å². The minimum atomic E-state index is -0.171. The average Bonchev–Trinajstić information content (AvgIpc) is 2.67. The number of ether oxygens (including phenoxy) is 1. The number of benzene rings is 1. The number of amides is 2. The van der Waals surface area contributed by atoms with Gasteiger partial charge in [-0.1, -0.05) is 30.3 Å². The topological polar surface area (TPSA) is 75.6 Å². The standard InChI is InChI=1S/C18H20N4O3/c1-14(23)21-7-9-22(10-8-21)18(24)16-11-17(20-13-19-16)25-12-15-5-3-2-4-6-15/h2-6,11,13H,7-10,12H2,1H3. The van der Waals surface area contributed by atoms with E-state index in [1.54, 1.807) is 15.9 Å². The number of aromatic nitrogens is 2. The number of carbonyl (C=O) groups is 2. The fourth-order valence-electron chi connectivity index (χ4n) is 2.65. The molecule has 0 N–H and O–H groups in total. The van der Waals surface area contributed by atoms with Crippen molar-refractivity contribution >= 4 is 11.8 Å². The maximum absolute atomic E-state index is 12.6. The van der Waals surface area contributed by atoms with Crippen molar-refractivity contribution in [2.45, 2.75) is 13.5 Å².